The summed E-state index contributed by atoms with van der Waals surface area (Å²) < 4.78 is 11.0. The van der Waals surface area contributed by atoms with Crippen molar-refractivity contribution in [3.63, 3.8) is 0 Å². The van der Waals surface area contributed by atoms with Crippen molar-refractivity contribution in [2.45, 2.75) is 13.8 Å². The number of aromatic nitrogens is 1. The summed E-state index contributed by atoms with van der Waals surface area (Å²) in [6.45, 7) is 3.80. The van der Waals surface area contributed by atoms with Gasteiger partial charge in [0.05, 0.1) is 5.69 Å². The molecule has 100 valence electrons. The van der Waals surface area contributed by atoms with Gasteiger partial charge in [0.2, 0.25) is 5.89 Å². The average molecular weight is 267 g/mol. The van der Waals surface area contributed by atoms with Crippen LogP contribution >= 0.6 is 0 Å². The van der Waals surface area contributed by atoms with E-state index in [2.05, 4.69) is 4.98 Å². The topological polar surface area (TPSA) is 56.2 Å². The number of hydrogen-bond donors (Lipinski definition) is 0. The Balaban J connectivity index is 2.03. The van der Waals surface area contributed by atoms with Gasteiger partial charge in [-0.25, -0.2) is 4.98 Å². The third kappa shape index (κ3) is 2.16. The first-order valence-corrected chi connectivity index (χ1v) is 6.27. The largest absolute Gasteiger partial charge is 0.453 e. The van der Waals surface area contributed by atoms with Gasteiger partial charge in [-0.1, -0.05) is 12.1 Å². The standard InChI is InChI=1S/C16H13NO3/c1-10-11(2)19-16(17-10)13-5-3-4-12(8-13)15-7-6-14(9-18)20-15/h3-9H,1-2H3. The van der Waals surface area contributed by atoms with E-state index >= 15 is 0 Å². The lowest BCUT2D eigenvalue weighted by Crippen LogP contribution is -1.80. The molecule has 0 saturated heterocycles. The SMILES string of the molecule is Cc1nc(-c2cccc(-c3ccc(C=O)o3)c2)oc1C. The second kappa shape index (κ2) is 4.81. The Hall–Kier alpha value is -2.62. The molecule has 0 N–H and O–H groups in total. The minimum absolute atomic E-state index is 0.313. The smallest absolute Gasteiger partial charge is 0.226 e. The van der Waals surface area contributed by atoms with Crippen LogP contribution in [-0.2, 0) is 0 Å². The zero-order chi connectivity index (χ0) is 14.1. The Morgan fingerprint density at radius 1 is 1.05 bits per heavy atom. The van der Waals surface area contributed by atoms with Crippen molar-refractivity contribution in [1.29, 1.82) is 0 Å². The molecule has 0 aliphatic heterocycles. The van der Waals surface area contributed by atoms with Crippen molar-refractivity contribution in [3.05, 3.63) is 53.6 Å². The predicted molar refractivity (Wildman–Crippen MR) is 74.5 cm³/mol. The first-order chi connectivity index (χ1) is 9.67. The summed E-state index contributed by atoms with van der Waals surface area (Å²) in [4.78, 5) is 15.0. The fraction of sp³-hybridized carbons (Fsp3) is 0.125. The molecular weight excluding hydrogens is 254 g/mol. The molecular formula is C16H13NO3. The number of benzene rings is 1. The van der Waals surface area contributed by atoms with Gasteiger partial charge in [0.1, 0.15) is 11.5 Å². The van der Waals surface area contributed by atoms with Gasteiger partial charge >= 0.3 is 0 Å². The van der Waals surface area contributed by atoms with E-state index in [1.807, 2.05) is 38.1 Å². The number of aryl methyl sites for hydroxylation is 2. The predicted octanol–water partition coefficient (Wildman–Crippen LogP) is 4.03. The van der Waals surface area contributed by atoms with Gasteiger partial charge in [-0.2, -0.15) is 0 Å². The van der Waals surface area contributed by atoms with Crippen LogP contribution in [0.25, 0.3) is 22.8 Å². The lowest BCUT2D eigenvalue weighted by molar-refractivity contribution is 0.110. The first kappa shape index (κ1) is 12.4. The van der Waals surface area contributed by atoms with Gasteiger partial charge in [-0.3, -0.25) is 4.79 Å². The van der Waals surface area contributed by atoms with Crippen LogP contribution in [0.1, 0.15) is 22.0 Å². The lowest BCUT2D eigenvalue weighted by Gasteiger charge is -2.00. The molecule has 0 aliphatic rings. The molecule has 20 heavy (non-hydrogen) atoms. The number of carbonyl (C=O) groups excluding carboxylic acids is 1. The molecule has 3 aromatic rings. The number of carbonyl (C=O) groups is 1. The third-order valence-corrected chi connectivity index (χ3v) is 3.17. The molecule has 0 fully saturated rings. The van der Waals surface area contributed by atoms with Crippen molar-refractivity contribution in [2.24, 2.45) is 0 Å². The van der Waals surface area contributed by atoms with Gasteiger partial charge in [-0.05, 0) is 38.1 Å². The minimum Gasteiger partial charge on any atom is -0.453 e. The molecule has 0 radical (unpaired) electrons. The summed E-state index contributed by atoms with van der Waals surface area (Å²) in [7, 11) is 0. The van der Waals surface area contributed by atoms with Gasteiger partial charge in [0, 0.05) is 11.1 Å². The maximum absolute atomic E-state index is 10.7. The number of oxazole rings is 1. The minimum atomic E-state index is 0.313. The van der Waals surface area contributed by atoms with Crippen LogP contribution in [0, 0.1) is 13.8 Å². The van der Waals surface area contributed by atoms with Crippen molar-refractivity contribution >= 4 is 6.29 Å². The number of nitrogens with zero attached hydrogens (tertiary/aromatic N) is 1. The molecule has 4 nitrogen and oxygen atoms in total. The van der Waals surface area contributed by atoms with E-state index in [9.17, 15) is 4.79 Å². The molecule has 2 aromatic heterocycles. The van der Waals surface area contributed by atoms with E-state index in [4.69, 9.17) is 8.83 Å². The summed E-state index contributed by atoms with van der Waals surface area (Å²) in [5, 5.41) is 0. The monoisotopic (exact) mass is 267 g/mol. The van der Waals surface area contributed by atoms with Gasteiger partial charge in [0.25, 0.3) is 0 Å². The Bertz CT molecular complexity index is 748. The highest BCUT2D eigenvalue weighted by atomic mass is 16.4. The fourth-order valence-corrected chi connectivity index (χ4v) is 1.97. The number of furan rings is 1. The Morgan fingerprint density at radius 3 is 2.50 bits per heavy atom. The molecule has 0 bridgehead atoms. The summed E-state index contributed by atoms with van der Waals surface area (Å²) in [5.41, 5.74) is 2.64. The summed E-state index contributed by atoms with van der Waals surface area (Å²) in [6, 6.07) is 11.1. The molecule has 2 heterocycles. The molecule has 0 amide bonds. The maximum Gasteiger partial charge on any atom is 0.226 e. The van der Waals surface area contributed by atoms with Crippen LogP contribution in [0.15, 0.2) is 45.2 Å². The molecule has 0 aliphatic carbocycles. The van der Waals surface area contributed by atoms with Crippen molar-refractivity contribution in [2.75, 3.05) is 0 Å². The molecule has 4 heteroatoms. The van der Waals surface area contributed by atoms with Crippen LogP contribution in [0.4, 0.5) is 0 Å². The number of hydrogen-bond acceptors (Lipinski definition) is 4. The first-order valence-electron chi connectivity index (χ1n) is 6.27. The zero-order valence-electron chi connectivity index (χ0n) is 11.2. The van der Waals surface area contributed by atoms with E-state index in [1.165, 1.54) is 0 Å². The van der Waals surface area contributed by atoms with E-state index in [0.717, 1.165) is 22.6 Å². The van der Waals surface area contributed by atoms with E-state index in [0.29, 0.717) is 23.7 Å². The molecule has 3 rings (SSSR count). The van der Waals surface area contributed by atoms with Crippen LogP contribution in [0.3, 0.4) is 0 Å². The molecule has 0 saturated carbocycles. The molecule has 1 aromatic carbocycles. The maximum atomic E-state index is 10.7. The van der Waals surface area contributed by atoms with E-state index in [1.54, 1.807) is 12.1 Å². The van der Waals surface area contributed by atoms with Crippen molar-refractivity contribution in [3.8, 4) is 22.8 Å². The number of aldehydes is 1. The van der Waals surface area contributed by atoms with Gasteiger partial charge in [0.15, 0.2) is 12.0 Å². The lowest BCUT2D eigenvalue weighted by atomic mass is 10.1. The van der Waals surface area contributed by atoms with Crippen LogP contribution in [0.2, 0.25) is 0 Å². The highest BCUT2D eigenvalue weighted by Crippen LogP contribution is 2.28. The van der Waals surface area contributed by atoms with Gasteiger partial charge < -0.3 is 8.83 Å². The zero-order valence-corrected chi connectivity index (χ0v) is 11.2. The van der Waals surface area contributed by atoms with Crippen LogP contribution in [0.5, 0.6) is 0 Å². The fourth-order valence-electron chi connectivity index (χ4n) is 1.97. The second-order valence-electron chi connectivity index (χ2n) is 4.56. The van der Waals surface area contributed by atoms with Gasteiger partial charge in [-0.15, -0.1) is 0 Å². The highest BCUT2D eigenvalue weighted by molar-refractivity contribution is 5.73. The van der Waals surface area contributed by atoms with Crippen molar-refractivity contribution in [1.82, 2.24) is 4.98 Å². The van der Waals surface area contributed by atoms with E-state index in [-0.39, 0.29) is 0 Å². The van der Waals surface area contributed by atoms with Crippen LogP contribution in [-0.4, -0.2) is 11.3 Å². The molecule has 0 atom stereocenters. The molecule has 0 unspecified atom stereocenters. The Kier molecular flexibility index (Phi) is 2.99. The summed E-state index contributed by atoms with van der Waals surface area (Å²) in [6.07, 6.45) is 0.689. The van der Waals surface area contributed by atoms with Crippen LogP contribution < -0.4 is 0 Å². The summed E-state index contributed by atoms with van der Waals surface area (Å²) >= 11 is 0. The van der Waals surface area contributed by atoms with E-state index < -0.39 is 0 Å². The summed E-state index contributed by atoms with van der Waals surface area (Å²) in [5.74, 6) is 2.36. The highest BCUT2D eigenvalue weighted by Gasteiger charge is 2.10. The Morgan fingerprint density at radius 2 is 1.85 bits per heavy atom. The third-order valence-electron chi connectivity index (χ3n) is 3.17. The molecule has 0 spiro atoms. The number of rotatable bonds is 3. The normalized spacial score (nSPS) is 10.7. The Labute approximate surface area is 116 Å². The quantitative estimate of drug-likeness (QED) is 0.672. The second-order valence-corrected chi connectivity index (χ2v) is 4.56. The van der Waals surface area contributed by atoms with Crippen molar-refractivity contribution < 1.29 is 13.6 Å². The average Bonchev–Trinajstić information content (AvgIpc) is 3.07.